The summed E-state index contributed by atoms with van der Waals surface area (Å²) in [7, 11) is 0. The summed E-state index contributed by atoms with van der Waals surface area (Å²) in [6, 6.07) is 13.6. The molecular formula is C18H15N3O7. The van der Waals surface area contributed by atoms with Gasteiger partial charge in [0.1, 0.15) is 6.54 Å². The molecular weight excluding hydrogens is 370 g/mol. The van der Waals surface area contributed by atoms with Gasteiger partial charge in [0.05, 0.1) is 22.9 Å². The van der Waals surface area contributed by atoms with E-state index in [4.69, 9.17) is 24.9 Å². The number of carbonyl (C=O) groups is 4. The lowest BCUT2D eigenvalue weighted by atomic mass is 10.2. The first-order valence-corrected chi connectivity index (χ1v) is 7.77. The van der Waals surface area contributed by atoms with Crippen LogP contribution in [0.3, 0.4) is 0 Å². The van der Waals surface area contributed by atoms with Crippen LogP contribution in [0.1, 0.15) is 10.4 Å². The van der Waals surface area contributed by atoms with Crippen LogP contribution < -0.4 is 5.32 Å². The number of para-hydroxylation sites is 2. The molecule has 3 aromatic rings. The Balaban J connectivity index is 0.000000409. The zero-order chi connectivity index (χ0) is 20.7. The molecule has 0 unspecified atom stereocenters. The number of anilines is 1. The van der Waals surface area contributed by atoms with Crippen molar-refractivity contribution in [1.29, 1.82) is 0 Å². The Morgan fingerprint density at radius 2 is 1.50 bits per heavy atom. The van der Waals surface area contributed by atoms with Crippen molar-refractivity contribution in [2.24, 2.45) is 0 Å². The standard InChI is InChI=1S/C16H13N3O3.C2H2O4/c20-15(18-12-7-5-11(6-8-12)16(21)22)9-19-10-17-13-3-1-2-4-14(13)19;3-1(4)2(5)6/h1-8,10H,9H2,(H,18,20)(H,21,22);(H,3,4)(H,5,6). The quantitative estimate of drug-likeness (QED) is 0.492. The first-order chi connectivity index (χ1) is 13.3. The van der Waals surface area contributed by atoms with Crippen LogP contribution in [-0.2, 0) is 20.9 Å². The Morgan fingerprint density at radius 1 is 0.893 bits per heavy atom. The minimum atomic E-state index is -1.82. The number of aliphatic carboxylic acids is 2. The number of hydrogen-bond acceptors (Lipinski definition) is 5. The monoisotopic (exact) mass is 385 g/mol. The van der Waals surface area contributed by atoms with Crippen LogP contribution in [0.2, 0.25) is 0 Å². The Bertz CT molecular complexity index is 1010. The van der Waals surface area contributed by atoms with Gasteiger partial charge >= 0.3 is 17.9 Å². The van der Waals surface area contributed by atoms with Gasteiger partial charge in [0.15, 0.2) is 0 Å². The second-order valence-electron chi connectivity index (χ2n) is 5.40. The summed E-state index contributed by atoms with van der Waals surface area (Å²) >= 11 is 0. The van der Waals surface area contributed by atoms with E-state index in [2.05, 4.69) is 10.3 Å². The van der Waals surface area contributed by atoms with Crippen LogP contribution in [-0.4, -0.2) is 48.7 Å². The molecule has 0 bridgehead atoms. The zero-order valence-corrected chi connectivity index (χ0v) is 14.3. The van der Waals surface area contributed by atoms with E-state index in [1.54, 1.807) is 23.0 Å². The van der Waals surface area contributed by atoms with Crippen molar-refractivity contribution >= 4 is 40.5 Å². The van der Waals surface area contributed by atoms with Gasteiger partial charge in [-0.3, -0.25) is 4.79 Å². The number of nitrogens with one attached hydrogen (secondary N) is 1. The molecule has 0 aliphatic heterocycles. The van der Waals surface area contributed by atoms with Crippen LogP contribution in [0.4, 0.5) is 5.69 Å². The normalized spacial score (nSPS) is 9.86. The molecule has 0 spiro atoms. The van der Waals surface area contributed by atoms with Crippen molar-refractivity contribution in [2.45, 2.75) is 6.54 Å². The number of aromatic nitrogens is 2. The van der Waals surface area contributed by atoms with Gasteiger partial charge in [-0.15, -0.1) is 0 Å². The summed E-state index contributed by atoms with van der Waals surface area (Å²) in [6.45, 7) is 0.140. The molecule has 0 saturated carbocycles. The van der Waals surface area contributed by atoms with Gasteiger partial charge in [0, 0.05) is 5.69 Å². The highest BCUT2D eigenvalue weighted by Crippen LogP contribution is 2.13. The molecule has 1 amide bonds. The number of carbonyl (C=O) groups excluding carboxylic acids is 1. The molecule has 0 fully saturated rings. The molecule has 0 aliphatic rings. The lowest BCUT2D eigenvalue weighted by Crippen LogP contribution is -2.18. The SMILES string of the molecule is O=C(Cn1cnc2ccccc21)Nc1ccc(C(=O)O)cc1.O=C(O)C(=O)O. The minimum Gasteiger partial charge on any atom is -0.478 e. The number of amides is 1. The molecule has 3 rings (SSSR count). The first-order valence-electron chi connectivity index (χ1n) is 7.77. The number of fused-ring (bicyclic) bond motifs is 1. The number of hydrogen-bond donors (Lipinski definition) is 4. The number of imidazole rings is 1. The molecule has 1 heterocycles. The second kappa shape index (κ2) is 8.94. The Hall–Kier alpha value is -4.21. The molecule has 28 heavy (non-hydrogen) atoms. The van der Waals surface area contributed by atoms with Gasteiger partial charge in [-0.05, 0) is 36.4 Å². The van der Waals surface area contributed by atoms with Crippen molar-refractivity contribution < 1.29 is 34.5 Å². The fourth-order valence-corrected chi connectivity index (χ4v) is 2.19. The summed E-state index contributed by atoms with van der Waals surface area (Å²) in [4.78, 5) is 45.3. The van der Waals surface area contributed by atoms with E-state index in [0.29, 0.717) is 5.69 Å². The predicted molar refractivity (Wildman–Crippen MR) is 97.0 cm³/mol. The highest BCUT2D eigenvalue weighted by Gasteiger charge is 2.08. The van der Waals surface area contributed by atoms with E-state index in [9.17, 15) is 9.59 Å². The molecule has 0 saturated heterocycles. The summed E-state index contributed by atoms with van der Waals surface area (Å²) in [5.41, 5.74) is 2.46. The van der Waals surface area contributed by atoms with E-state index in [1.165, 1.54) is 12.1 Å². The maximum absolute atomic E-state index is 12.1. The van der Waals surface area contributed by atoms with Crippen LogP contribution >= 0.6 is 0 Å². The fourth-order valence-electron chi connectivity index (χ4n) is 2.19. The van der Waals surface area contributed by atoms with Gasteiger partial charge in [-0.2, -0.15) is 0 Å². The summed E-state index contributed by atoms with van der Waals surface area (Å²) in [5.74, 6) is -4.85. The van der Waals surface area contributed by atoms with Crippen LogP contribution in [0.25, 0.3) is 11.0 Å². The Kier molecular flexibility index (Phi) is 6.42. The summed E-state index contributed by atoms with van der Waals surface area (Å²) < 4.78 is 1.76. The van der Waals surface area contributed by atoms with E-state index in [1.807, 2.05) is 24.3 Å². The van der Waals surface area contributed by atoms with Crippen LogP contribution in [0.15, 0.2) is 54.9 Å². The molecule has 4 N–H and O–H groups in total. The fraction of sp³-hybridized carbons (Fsp3) is 0.0556. The highest BCUT2D eigenvalue weighted by atomic mass is 16.4. The first kappa shape index (κ1) is 20.1. The van der Waals surface area contributed by atoms with Crippen molar-refractivity contribution in [3.63, 3.8) is 0 Å². The summed E-state index contributed by atoms with van der Waals surface area (Å²) in [5, 5.41) is 26.3. The lowest BCUT2D eigenvalue weighted by Gasteiger charge is -2.07. The predicted octanol–water partition coefficient (Wildman–Crippen LogP) is 1.53. The summed E-state index contributed by atoms with van der Waals surface area (Å²) in [6.07, 6.45) is 1.62. The van der Waals surface area contributed by atoms with Gasteiger partial charge in [-0.25, -0.2) is 19.4 Å². The van der Waals surface area contributed by atoms with Crippen molar-refractivity contribution in [2.75, 3.05) is 5.32 Å². The average Bonchev–Trinajstić information content (AvgIpc) is 3.05. The molecule has 144 valence electrons. The third kappa shape index (κ3) is 5.39. The van der Waals surface area contributed by atoms with E-state index < -0.39 is 17.9 Å². The maximum Gasteiger partial charge on any atom is 0.414 e. The number of nitrogens with zero attached hydrogens (tertiary/aromatic N) is 2. The van der Waals surface area contributed by atoms with Gasteiger partial charge < -0.3 is 25.2 Å². The highest BCUT2D eigenvalue weighted by molar-refractivity contribution is 6.27. The third-order valence-electron chi connectivity index (χ3n) is 3.44. The molecule has 0 atom stereocenters. The van der Waals surface area contributed by atoms with Crippen molar-refractivity contribution in [1.82, 2.24) is 9.55 Å². The second-order valence-corrected chi connectivity index (χ2v) is 5.40. The Labute approximate surface area is 157 Å². The molecule has 2 aromatic carbocycles. The topological polar surface area (TPSA) is 159 Å². The van der Waals surface area contributed by atoms with E-state index in [-0.39, 0.29) is 18.0 Å². The number of rotatable bonds is 4. The molecule has 1 aromatic heterocycles. The average molecular weight is 385 g/mol. The molecule has 0 radical (unpaired) electrons. The number of carboxylic acids is 3. The smallest absolute Gasteiger partial charge is 0.414 e. The van der Waals surface area contributed by atoms with Crippen molar-refractivity contribution in [3.8, 4) is 0 Å². The van der Waals surface area contributed by atoms with Crippen LogP contribution in [0, 0.1) is 0 Å². The van der Waals surface area contributed by atoms with Crippen molar-refractivity contribution in [3.05, 3.63) is 60.4 Å². The van der Waals surface area contributed by atoms with Gasteiger partial charge in [-0.1, -0.05) is 12.1 Å². The largest absolute Gasteiger partial charge is 0.478 e. The molecule has 10 heteroatoms. The maximum atomic E-state index is 12.1. The van der Waals surface area contributed by atoms with E-state index >= 15 is 0 Å². The lowest BCUT2D eigenvalue weighted by molar-refractivity contribution is -0.159. The number of aromatic carboxylic acids is 1. The Morgan fingerprint density at radius 3 is 2.07 bits per heavy atom. The third-order valence-corrected chi connectivity index (χ3v) is 3.44. The van der Waals surface area contributed by atoms with Gasteiger partial charge in [0.2, 0.25) is 5.91 Å². The molecule has 10 nitrogen and oxygen atoms in total. The zero-order valence-electron chi connectivity index (χ0n) is 14.3. The number of benzene rings is 2. The van der Waals surface area contributed by atoms with Crippen LogP contribution in [0.5, 0.6) is 0 Å². The minimum absolute atomic E-state index is 0.140. The number of carboxylic acid groups (broad SMARTS) is 3. The molecule has 0 aliphatic carbocycles. The van der Waals surface area contributed by atoms with Gasteiger partial charge in [0.25, 0.3) is 0 Å². The van der Waals surface area contributed by atoms with E-state index in [0.717, 1.165) is 11.0 Å².